The monoisotopic (exact) mass is 285 g/mol. The highest BCUT2D eigenvalue weighted by Crippen LogP contribution is 2.23. The maximum atomic E-state index is 11.7. The number of amides is 3. The van der Waals surface area contributed by atoms with Crippen LogP contribution >= 0.6 is 11.8 Å². The Bertz CT molecular complexity index is 472. The third-order valence-electron chi connectivity index (χ3n) is 2.50. The number of hydrogen-bond donors (Lipinski definition) is 2. The summed E-state index contributed by atoms with van der Waals surface area (Å²) < 4.78 is 1.86. The predicted octanol–water partition coefficient (Wildman–Crippen LogP) is 0.875. The molecule has 0 unspecified atom stereocenters. The van der Waals surface area contributed by atoms with E-state index in [-0.39, 0.29) is 11.8 Å². The van der Waals surface area contributed by atoms with Gasteiger partial charge in [0.2, 0.25) is 5.91 Å². The smallest absolute Gasteiger partial charge is 0.321 e. The fourth-order valence-corrected chi connectivity index (χ4v) is 2.24. The second-order valence-corrected chi connectivity index (χ2v) is 5.69. The van der Waals surface area contributed by atoms with Gasteiger partial charge < -0.3 is 9.88 Å². The van der Waals surface area contributed by atoms with Gasteiger partial charge in [-0.15, -0.1) is 10.2 Å². The van der Waals surface area contributed by atoms with E-state index >= 15 is 0 Å². The average Bonchev–Trinajstić information content (AvgIpc) is 2.70. The van der Waals surface area contributed by atoms with Crippen molar-refractivity contribution in [1.29, 1.82) is 0 Å². The first-order valence-electron chi connectivity index (χ1n) is 5.95. The number of aromatic nitrogens is 3. The minimum absolute atomic E-state index is 0.266. The SMILES string of the molecule is CNC(=O)NC(=O)[C@H](C)Sc1nnc(C(C)C)n1C. The Morgan fingerprint density at radius 2 is 1.89 bits per heavy atom. The molecule has 2 N–H and O–H groups in total. The van der Waals surface area contributed by atoms with E-state index in [1.807, 2.05) is 25.5 Å². The Morgan fingerprint density at radius 3 is 2.37 bits per heavy atom. The Kier molecular flexibility index (Phi) is 5.34. The van der Waals surface area contributed by atoms with Crippen LogP contribution in [0.25, 0.3) is 0 Å². The molecule has 0 fully saturated rings. The fraction of sp³-hybridized carbons (Fsp3) is 0.636. The first-order chi connectivity index (χ1) is 8.86. The molecule has 0 aliphatic rings. The zero-order valence-corrected chi connectivity index (χ0v) is 12.5. The fourth-order valence-electron chi connectivity index (χ4n) is 1.42. The quantitative estimate of drug-likeness (QED) is 0.801. The first kappa shape index (κ1) is 15.5. The molecule has 0 bridgehead atoms. The van der Waals surface area contributed by atoms with Gasteiger partial charge in [-0.25, -0.2) is 4.79 Å². The molecule has 0 aliphatic heterocycles. The van der Waals surface area contributed by atoms with E-state index in [0.717, 1.165) is 5.82 Å². The summed E-state index contributed by atoms with van der Waals surface area (Å²) in [5, 5.41) is 12.9. The van der Waals surface area contributed by atoms with Gasteiger partial charge in [0.05, 0.1) is 5.25 Å². The highest BCUT2D eigenvalue weighted by atomic mass is 32.2. The molecule has 8 heteroatoms. The molecule has 7 nitrogen and oxygen atoms in total. The van der Waals surface area contributed by atoms with E-state index in [1.165, 1.54) is 18.8 Å². The third-order valence-corrected chi connectivity index (χ3v) is 3.63. The molecule has 1 atom stereocenters. The second kappa shape index (κ2) is 6.55. The first-order valence-corrected chi connectivity index (χ1v) is 6.83. The van der Waals surface area contributed by atoms with Crippen molar-refractivity contribution in [3.05, 3.63) is 5.82 Å². The summed E-state index contributed by atoms with van der Waals surface area (Å²) in [5.41, 5.74) is 0. The molecule has 0 aliphatic carbocycles. The molecule has 0 radical (unpaired) electrons. The number of thioether (sulfide) groups is 1. The van der Waals surface area contributed by atoms with Crippen LogP contribution in [-0.2, 0) is 11.8 Å². The minimum atomic E-state index is -0.515. The summed E-state index contributed by atoms with van der Waals surface area (Å²) in [4.78, 5) is 22.8. The van der Waals surface area contributed by atoms with Crippen molar-refractivity contribution in [3.63, 3.8) is 0 Å². The van der Waals surface area contributed by atoms with Gasteiger partial charge in [-0.1, -0.05) is 25.6 Å². The normalized spacial score (nSPS) is 12.3. The van der Waals surface area contributed by atoms with E-state index in [1.54, 1.807) is 6.92 Å². The van der Waals surface area contributed by atoms with Crippen LogP contribution in [0.15, 0.2) is 5.16 Å². The van der Waals surface area contributed by atoms with Gasteiger partial charge in [0.15, 0.2) is 5.16 Å². The van der Waals surface area contributed by atoms with E-state index < -0.39 is 11.3 Å². The number of nitrogens with zero attached hydrogens (tertiary/aromatic N) is 3. The van der Waals surface area contributed by atoms with Gasteiger partial charge in [0.1, 0.15) is 5.82 Å². The number of carbonyl (C=O) groups is 2. The molecule has 106 valence electrons. The average molecular weight is 285 g/mol. The molecule has 0 aromatic carbocycles. The molecule has 0 spiro atoms. The van der Waals surface area contributed by atoms with Gasteiger partial charge in [-0.05, 0) is 6.92 Å². The summed E-state index contributed by atoms with van der Waals surface area (Å²) in [6.45, 7) is 5.77. The standard InChI is InChI=1S/C11H19N5O2S/c1-6(2)8-14-15-11(16(8)5)19-7(3)9(17)13-10(18)12-4/h6-7H,1-5H3,(H2,12,13,17,18)/t7-/m0/s1. The summed E-state index contributed by atoms with van der Waals surface area (Å²) >= 11 is 1.27. The largest absolute Gasteiger partial charge is 0.341 e. The summed E-state index contributed by atoms with van der Waals surface area (Å²) in [6, 6.07) is -0.515. The van der Waals surface area contributed by atoms with E-state index in [2.05, 4.69) is 20.8 Å². The maximum Gasteiger partial charge on any atom is 0.321 e. The lowest BCUT2D eigenvalue weighted by atomic mass is 10.2. The van der Waals surface area contributed by atoms with Crippen LogP contribution in [0, 0.1) is 0 Å². The lowest BCUT2D eigenvalue weighted by molar-refractivity contribution is -0.119. The van der Waals surface area contributed by atoms with Gasteiger partial charge in [-0.2, -0.15) is 0 Å². The van der Waals surface area contributed by atoms with E-state index in [0.29, 0.717) is 5.16 Å². The Balaban J connectivity index is 2.69. The molecular formula is C11H19N5O2S. The van der Waals surface area contributed by atoms with Crippen LogP contribution in [0.4, 0.5) is 4.79 Å². The van der Waals surface area contributed by atoms with Crippen molar-refractivity contribution in [2.24, 2.45) is 7.05 Å². The van der Waals surface area contributed by atoms with Crippen molar-refractivity contribution in [2.75, 3.05) is 7.05 Å². The van der Waals surface area contributed by atoms with Gasteiger partial charge in [0, 0.05) is 20.0 Å². The number of carbonyl (C=O) groups excluding carboxylic acids is 2. The molecule has 0 saturated carbocycles. The Morgan fingerprint density at radius 1 is 1.26 bits per heavy atom. The van der Waals surface area contributed by atoms with Gasteiger partial charge >= 0.3 is 6.03 Å². The van der Waals surface area contributed by atoms with E-state index in [9.17, 15) is 9.59 Å². The van der Waals surface area contributed by atoms with Crippen molar-refractivity contribution >= 4 is 23.7 Å². The molecular weight excluding hydrogens is 266 g/mol. The summed E-state index contributed by atoms with van der Waals surface area (Å²) in [7, 11) is 3.32. The zero-order valence-electron chi connectivity index (χ0n) is 11.7. The maximum absolute atomic E-state index is 11.7. The Hall–Kier alpha value is -1.57. The number of urea groups is 1. The predicted molar refractivity (Wildman–Crippen MR) is 73.0 cm³/mol. The number of rotatable bonds is 4. The zero-order chi connectivity index (χ0) is 14.6. The second-order valence-electron chi connectivity index (χ2n) is 4.38. The van der Waals surface area contributed by atoms with Crippen LogP contribution in [0.5, 0.6) is 0 Å². The van der Waals surface area contributed by atoms with Gasteiger partial charge in [0.25, 0.3) is 0 Å². The highest BCUT2D eigenvalue weighted by molar-refractivity contribution is 8.00. The molecule has 19 heavy (non-hydrogen) atoms. The number of hydrogen-bond acceptors (Lipinski definition) is 5. The van der Waals surface area contributed by atoms with Crippen molar-refractivity contribution in [2.45, 2.75) is 37.1 Å². The van der Waals surface area contributed by atoms with Gasteiger partial charge in [-0.3, -0.25) is 10.1 Å². The molecule has 1 heterocycles. The van der Waals surface area contributed by atoms with E-state index in [4.69, 9.17) is 0 Å². The molecule has 1 aromatic heterocycles. The number of imide groups is 1. The van der Waals surface area contributed by atoms with Crippen LogP contribution in [0.1, 0.15) is 32.5 Å². The molecule has 1 aromatic rings. The van der Waals surface area contributed by atoms with Crippen LogP contribution < -0.4 is 10.6 Å². The minimum Gasteiger partial charge on any atom is -0.341 e. The molecule has 0 saturated heterocycles. The number of nitrogens with one attached hydrogen (secondary N) is 2. The summed E-state index contributed by atoms with van der Waals surface area (Å²) in [6.07, 6.45) is 0. The summed E-state index contributed by atoms with van der Waals surface area (Å²) in [5.74, 6) is 0.765. The molecule has 1 rings (SSSR count). The van der Waals surface area contributed by atoms with Crippen molar-refractivity contribution < 1.29 is 9.59 Å². The van der Waals surface area contributed by atoms with Crippen molar-refractivity contribution in [3.8, 4) is 0 Å². The van der Waals surface area contributed by atoms with Crippen molar-refractivity contribution in [1.82, 2.24) is 25.4 Å². The molecule has 3 amide bonds. The van der Waals surface area contributed by atoms with Crippen LogP contribution in [0.3, 0.4) is 0 Å². The Labute approximate surface area is 116 Å². The van der Waals surface area contributed by atoms with Crippen LogP contribution in [0.2, 0.25) is 0 Å². The highest BCUT2D eigenvalue weighted by Gasteiger charge is 2.20. The lowest BCUT2D eigenvalue weighted by Gasteiger charge is -2.11. The van der Waals surface area contributed by atoms with Crippen LogP contribution in [-0.4, -0.2) is 39.0 Å². The third kappa shape index (κ3) is 3.95. The topological polar surface area (TPSA) is 88.9 Å². The lowest BCUT2D eigenvalue weighted by Crippen LogP contribution is -2.41.